The molecule has 0 radical (unpaired) electrons. The Morgan fingerprint density at radius 1 is 1.12 bits per heavy atom. The zero-order valence-electron chi connectivity index (χ0n) is 8.42. The zero-order valence-corrected chi connectivity index (χ0v) is 8.42. The second kappa shape index (κ2) is 3.84. The highest BCUT2D eigenvalue weighted by Gasteiger charge is 2.05. The molecule has 16 heavy (non-hydrogen) atoms. The Kier molecular flexibility index (Phi) is 2.52. The van der Waals surface area contributed by atoms with Gasteiger partial charge in [-0.05, 0) is 19.1 Å². The molecular formula is C11H8F2N2O. The van der Waals surface area contributed by atoms with Gasteiger partial charge in [-0.25, -0.2) is 13.8 Å². The van der Waals surface area contributed by atoms with Crippen LogP contribution >= 0.6 is 0 Å². The molecular weight excluding hydrogens is 214 g/mol. The monoisotopic (exact) mass is 222 g/mol. The van der Waals surface area contributed by atoms with E-state index in [9.17, 15) is 13.6 Å². The molecule has 0 spiro atoms. The van der Waals surface area contributed by atoms with Crippen molar-refractivity contribution in [3.8, 4) is 11.3 Å². The Morgan fingerprint density at radius 2 is 1.75 bits per heavy atom. The highest BCUT2D eigenvalue weighted by Crippen LogP contribution is 2.18. The maximum atomic E-state index is 13.0. The summed E-state index contributed by atoms with van der Waals surface area (Å²) in [6, 6.07) is 4.22. The molecule has 0 saturated heterocycles. The smallest absolute Gasteiger partial charge is 0.251 e. The van der Waals surface area contributed by atoms with Crippen LogP contribution in [0.25, 0.3) is 11.3 Å². The summed E-state index contributed by atoms with van der Waals surface area (Å²) in [4.78, 5) is 17.6. The lowest BCUT2D eigenvalue weighted by molar-refractivity contribution is 0.584. The SMILES string of the molecule is Cc1nc(-c2cc(F)cc(F)c2)cc(=O)[nH]1. The van der Waals surface area contributed by atoms with Gasteiger partial charge in [0.1, 0.15) is 17.5 Å². The highest BCUT2D eigenvalue weighted by molar-refractivity contribution is 5.58. The first-order valence-corrected chi connectivity index (χ1v) is 4.59. The topological polar surface area (TPSA) is 45.8 Å². The summed E-state index contributed by atoms with van der Waals surface area (Å²) in [6.07, 6.45) is 0. The minimum atomic E-state index is -0.699. The van der Waals surface area contributed by atoms with Crippen molar-refractivity contribution in [2.75, 3.05) is 0 Å². The molecule has 0 fully saturated rings. The Balaban J connectivity index is 2.62. The Hall–Kier alpha value is -2.04. The Bertz CT molecular complexity index is 573. The summed E-state index contributed by atoms with van der Waals surface area (Å²) in [6.45, 7) is 1.60. The van der Waals surface area contributed by atoms with E-state index in [2.05, 4.69) is 9.97 Å². The van der Waals surface area contributed by atoms with E-state index in [-0.39, 0.29) is 16.8 Å². The van der Waals surface area contributed by atoms with Crippen molar-refractivity contribution in [2.45, 2.75) is 6.92 Å². The van der Waals surface area contributed by atoms with E-state index < -0.39 is 11.6 Å². The van der Waals surface area contributed by atoms with Gasteiger partial charge in [-0.2, -0.15) is 0 Å². The summed E-state index contributed by atoms with van der Waals surface area (Å²) >= 11 is 0. The molecule has 2 rings (SSSR count). The molecule has 1 aromatic carbocycles. The van der Waals surface area contributed by atoms with Crippen LogP contribution in [0.2, 0.25) is 0 Å². The number of aromatic nitrogens is 2. The van der Waals surface area contributed by atoms with Crippen LogP contribution in [0.4, 0.5) is 8.78 Å². The van der Waals surface area contributed by atoms with Crippen LogP contribution in [0.15, 0.2) is 29.1 Å². The fraction of sp³-hybridized carbons (Fsp3) is 0.0909. The molecule has 0 bridgehead atoms. The molecule has 0 aliphatic rings. The number of hydrogen-bond donors (Lipinski definition) is 1. The molecule has 1 aromatic heterocycles. The van der Waals surface area contributed by atoms with Crippen molar-refractivity contribution in [1.82, 2.24) is 9.97 Å². The van der Waals surface area contributed by atoms with Gasteiger partial charge in [0, 0.05) is 17.7 Å². The van der Waals surface area contributed by atoms with Crippen molar-refractivity contribution in [3.63, 3.8) is 0 Å². The zero-order chi connectivity index (χ0) is 11.7. The van der Waals surface area contributed by atoms with Gasteiger partial charge in [0.05, 0.1) is 5.69 Å². The maximum absolute atomic E-state index is 13.0. The summed E-state index contributed by atoms with van der Waals surface area (Å²) in [5, 5.41) is 0. The molecule has 1 N–H and O–H groups in total. The molecule has 0 atom stereocenters. The van der Waals surface area contributed by atoms with Crippen molar-refractivity contribution >= 4 is 0 Å². The molecule has 3 nitrogen and oxygen atoms in total. The number of aryl methyl sites for hydroxylation is 1. The normalized spacial score (nSPS) is 10.4. The third-order valence-corrected chi connectivity index (χ3v) is 2.02. The van der Waals surface area contributed by atoms with Gasteiger partial charge in [-0.3, -0.25) is 4.79 Å². The summed E-state index contributed by atoms with van der Waals surface area (Å²) in [7, 11) is 0. The first-order chi connectivity index (χ1) is 7.54. The Morgan fingerprint density at radius 3 is 2.31 bits per heavy atom. The fourth-order valence-electron chi connectivity index (χ4n) is 1.43. The average Bonchev–Trinajstić information content (AvgIpc) is 2.14. The van der Waals surface area contributed by atoms with E-state index in [1.807, 2.05) is 0 Å². The number of benzene rings is 1. The van der Waals surface area contributed by atoms with Crippen molar-refractivity contribution in [3.05, 3.63) is 52.1 Å². The van der Waals surface area contributed by atoms with E-state index in [0.29, 0.717) is 5.82 Å². The molecule has 82 valence electrons. The van der Waals surface area contributed by atoms with Crippen molar-refractivity contribution < 1.29 is 8.78 Å². The lowest BCUT2D eigenvalue weighted by Gasteiger charge is -2.02. The number of nitrogens with one attached hydrogen (secondary N) is 1. The summed E-state index contributed by atoms with van der Waals surface area (Å²) in [5.41, 5.74) is 0.138. The van der Waals surface area contributed by atoms with Gasteiger partial charge in [-0.15, -0.1) is 0 Å². The van der Waals surface area contributed by atoms with Crippen LogP contribution in [-0.2, 0) is 0 Å². The van der Waals surface area contributed by atoms with Gasteiger partial charge in [0.15, 0.2) is 0 Å². The summed E-state index contributed by atoms with van der Waals surface area (Å²) in [5.74, 6) is -1.00. The van der Waals surface area contributed by atoms with Gasteiger partial charge in [0.25, 0.3) is 5.56 Å². The second-order valence-electron chi connectivity index (χ2n) is 3.37. The fourth-order valence-corrected chi connectivity index (χ4v) is 1.43. The van der Waals surface area contributed by atoms with Crippen LogP contribution in [-0.4, -0.2) is 9.97 Å². The highest BCUT2D eigenvalue weighted by atomic mass is 19.1. The lowest BCUT2D eigenvalue weighted by Crippen LogP contribution is -2.08. The van der Waals surface area contributed by atoms with E-state index in [0.717, 1.165) is 18.2 Å². The average molecular weight is 222 g/mol. The molecule has 0 aliphatic carbocycles. The second-order valence-corrected chi connectivity index (χ2v) is 3.37. The molecule has 0 aliphatic heterocycles. The molecule has 1 heterocycles. The van der Waals surface area contributed by atoms with Crippen LogP contribution < -0.4 is 5.56 Å². The lowest BCUT2D eigenvalue weighted by atomic mass is 10.1. The number of hydrogen-bond acceptors (Lipinski definition) is 2. The third-order valence-electron chi connectivity index (χ3n) is 2.02. The number of nitrogens with zero attached hydrogens (tertiary/aromatic N) is 1. The quantitative estimate of drug-likeness (QED) is 0.802. The van der Waals surface area contributed by atoms with Crippen LogP contribution in [0.3, 0.4) is 0 Å². The minimum absolute atomic E-state index is 0.242. The first kappa shape index (κ1) is 10.5. The van der Waals surface area contributed by atoms with Crippen LogP contribution in [0.1, 0.15) is 5.82 Å². The van der Waals surface area contributed by atoms with E-state index in [1.165, 1.54) is 6.07 Å². The van der Waals surface area contributed by atoms with Gasteiger partial charge in [0.2, 0.25) is 0 Å². The summed E-state index contributed by atoms with van der Waals surface area (Å²) < 4.78 is 25.9. The van der Waals surface area contributed by atoms with Crippen molar-refractivity contribution in [2.24, 2.45) is 0 Å². The molecule has 2 aromatic rings. The Labute approximate surface area is 89.8 Å². The van der Waals surface area contributed by atoms with Crippen LogP contribution in [0, 0.1) is 18.6 Å². The number of halogens is 2. The predicted octanol–water partition coefficient (Wildman–Crippen LogP) is 2.02. The molecule has 5 heteroatoms. The molecule has 0 unspecified atom stereocenters. The van der Waals surface area contributed by atoms with Gasteiger partial charge in [-0.1, -0.05) is 0 Å². The number of aromatic amines is 1. The van der Waals surface area contributed by atoms with E-state index in [4.69, 9.17) is 0 Å². The van der Waals surface area contributed by atoms with E-state index >= 15 is 0 Å². The number of H-pyrrole nitrogens is 1. The third kappa shape index (κ3) is 2.13. The standard InChI is InChI=1S/C11H8F2N2O/c1-6-14-10(5-11(16)15-6)7-2-8(12)4-9(13)3-7/h2-5H,1H3,(H,14,15,16). The maximum Gasteiger partial charge on any atom is 0.251 e. The predicted molar refractivity (Wildman–Crippen MR) is 54.9 cm³/mol. The largest absolute Gasteiger partial charge is 0.311 e. The van der Waals surface area contributed by atoms with E-state index in [1.54, 1.807) is 6.92 Å². The first-order valence-electron chi connectivity index (χ1n) is 4.59. The molecule has 0 amide bonds. The van der Waals surface area contributed by atoms with Gasteiger partial charge >= 0.3 is 0 Å². The van der Waals surface area contributed by atoms with Crippen LogP contribution in [0.5, 0.6) is 0 Å². The molecule has 0 saturated carbocycles. The minimum Gasteiger partial charge on any atom is -0.311 e. The van der Waals surface area contributed by atoms with Crippen molar-refractivity contribution in [1.29, 1.82) is 0 Å². The number of rotatable bonds is 1. The van der Waals surface area contributed by atoms with Gasteiger partial charge < -0.3 is 4.98 Å².